The third-order valence-corrected chi connectivity index (χ3v) is 3.82. The molecule has 0 saturated carbocycles. The zero-order valence-corrected chi connectivity index (χ0v) is 11.1. The second-order valence-electron chi connectivity index (χ2n) is 5.20. The van der Waals surface area contributed by atoms with Crippen molar-refractivity contribution in [3.63, 3.8) is 0 Å². The van der Waals surface area contributed by atoms with Gasteiger partial charge in [0, 0.05) is 17.9 Å². The van der Waals surface area contributed by atoms with Crippen LogP contribution in [0.3, 0.4) is 0 Å². The van der Waals surface area contributed by atoms with E-state index in [1.165, 1.54) is 18.4 Å². The van der Waals surface area contributed by atoms with E-state index in [1.54, 1.807) is 10.8 Å². The number of imidazole rings is 1. The number of benzene rings is 1. The Balaban J connectivity index is 1.99. The van der Waals surface area contributed by atoms with Crippen LogP contribution in [0.25, 0.3) is 5.69 Å². The van der Waals surface area contributed by atoms with Gasteiger partial charge in [-0.15, -0.1) is 0 Å². The van der Waals surface area contributed by atoms with E-state index >= 15 is 0 Å². The first-order valence-corrected chi connectivity index (χ1v) is 6.84. The van der Waals surface area contributed by atoms with Crippen LogP contribution >= 0.6 is 0 Å². The largest absolute Gasteiger partial charge is 0.330 e. The summed E-state index contributed by atoms with van der Waals surface area (Å²) in [6, 6.07) is 8.71. The van der Waals surface area contributed by atoms with Gasteiger partial charge in [-0.25, -0.2) is 4.79 Å². The minimum atomic E-state index is -0.0654. The normalized spacial score (nSPS) is 18.9. The van der Waals surface area contributed by atoms with Crippen LogP contribution in [-0.2, 0) is 6.42 Å². The van der Waals surface area contributed by atoms with Crippen molar-refractivity contribution in [2.75, 3.05) is 6.54 Å². The van der Waals surface area contributed by atoms with Crippen molar-refractivity contribution in [3.05, 3.63) is 52.2 Å². The first kappa shape index (κ1) is 12.2. The Hall–Kier alpha value is -1.81. The maximum Gasteiger partial charge on any atom is 0.330 e. The Labute approximate surface area is 112 Å². The molecule has 1 aliphatic heterocycles. The van der Waals surface area contributed by atoms with Crippen molar-refractivity contribution in [1.29, 1.82) is 0 Å². The van der Waals surface area contributed by atoms with Gasteiger partial charge >= 0.3 is 5.69 Å². The van der Waals surface area contributed by atoms with Crippen LogP contribution in [0.5, 0.6) is 0 Å². The van der Waals surface area contributed by atoms with E-state index in [1.807, 2.05) is 25.1 Å². The van der Waals surface area contributed by atoms with Gasteiger partial charge in [-0.05, 0) is 44.4 Å². The lowest BCUT2D eigenvalue weighted by Crippen LogP contribution is -2.25. The van der Waals surface area contributed by atoms with Gasteiger partial charge in [0.05, 0.1) is 5.69 Å². The van der Waals surface area contributed by atoms with E-state index in [4.69, 9.17) is 0 Å². The molecule has 1 aromatic carbocycles. The monoisotopic (exact) mass is 257 g/mol. The van der Waals surface area contributed by atoms with Crippen molar-refractivity contribution in [2.24, 2.45) is 0 Å². The highest BCUT2D eigenvalue weighted by Crippen LogP contribution is 2.19. The highest BCUT2D eigenvalue weighted by Gasteiger charge is 2.17. The van der Waals surface area contributed by atoms with Crippen molar-refractivity contribution in [1.82, 2.24) is 14.9 Å². The second-order valence-corrected chi connectivity index (χ2v) is 5.20. The molecule has 1 unspecified atom stereocenters. The fourth-order valence-electron chi connectivity index (χ4n) is 2.85. The Kier molecular flexibility index (Phi) is 3.25. The molecule has 1 saturated heterocycles. The van der Waals surface area contributed by atoms with Crippen LogP contribution in [0.15, 0.2) is 35.3 Å². The number of aryl methyl sites for hydroxylation is 1. The van der Waals surface area contributed by atoms with Gasteiger partial charge < -0.3 is 10.3 Å². The molecule has 19 heavy (non-hydrogen) atoms. The molecule has 4 heteroatoms. The Morgan fingerprint density at radius 1 is 1.37 bits per heavy atom. The summed E-state index contributed by atoms with van der Waals surface area (Å²) in [6.07, 6.45) is 5.20. The molecule has 4 nitrogen and oxygen atoms in total. The lowest BCUT2D eigenvalue weighted by Gasteiger charge is -2.15. The molecule has 2 aromatic rings. The second kappa shape index (κ2) is 5.05. The van der Waals surface area contributed by atoms with Gasteiger partial charge in [0.2, 0.25) is 0 Å². The molecule has 0 spiro atoms. The standard InChI is InChI=1S/C15H19N3O/c1-11-10-17-15(19)18(11)14-7-3-2-5-12(14)9-13-6-4-8-16-13/h2-3,5,7,10,13,16H,4,6,8-9H2,1H3,(H,17,19). The number of rotatable bonds is 3. The fraction of sp³-hybridized carbons (Fsp3) is 0.400. The van der Waals surface area contributed by atoms with Crippen LogP contribution in [-0.4, -0.2) is 22.1 Å². The third-order valence-electron chi connectivity index (χ3n) is 3.82. The highest BCUT2D eigenvalue weighted by molar-refractivity contribution is 5.42. The zero-order chi connectivity index (χ0) is 13.2. The van der Waals surface area contributed by atoms with Crippen LogP contribution in [0, 0.1) is 6.92 Å². The lowest BCUT2D eigenvalue weighted by atomic mass is 10.0. The molecule has 1 fully saturated rings. The molecule has 0 radical (unpaired) electrons. The van der Waals surface area contributed by atoms with Gasteiger partial charge in [0.25, 0.3) is 0 Å². The van der Waals surface area contributed by atoms with Crippen molar-refractivity contribution in [3.8, 4) is 5.69 Å². The van der Waals surface area contributed by atoms with Crippen LogP contribution in [0.4, 0.5) is 0 Å². The molecule has 1 aromatic heterocycles. The summed E-state index contributed by atoms with van der Waals surface area (Å²) in [6.45, 7) is 3.05. The van der Waals surface area contributed by atoms with E-state index < -0.39 is 0 Å². The molecule has 3 rings (SSSR count). The third kappa shape index (κ3) is 2.36. The van der Waals surface area contributed by atoms with Crippen LogP contribution < -0.4 is 11.0 Å². The number of hydrogen-bond acceptors (Lipinski definition) is 2. The summed E-state index contributed by atoms with van der Waals surface area (Å²) in [7, 11) is 0. The average Bonchev–Trinajstić information content (AvgIpc) is 3.02. The first-order chi connectivity index (χ1) is 9.25. The molecule has 0 amide bonds. The number of nitrogens with one attached hydrogen (secondary N) is 2. The van der Waals surface area contributed by atoms with E-state index in [9.17, 15) is 4.79 Å². The number of hydrogen-bond donors (Lipinski definition) is 2. The molecule has 2 heterocycles. The summed E-state index contributed by atoms with van der Waals surface area (Å²) in [5, 5.41) is 3.51. The predicted molar refractivity (Wildman–Crippen MR) is 75.9 cm³/mol. The average molecular weight is 257 g/mol. The van der Waals surface area contributed by atoms with Crippen molar-refractivity contribution < 1.29 is 0 Å². The molecule has 1 aliphatic rings. The highest BCUT2D eigenvalue weighted by atomic mass is 16.1. The minimum Gasteiger partial charge on any atom is -0.314 e. The van der Waals surface area contributed by atoms with Crippen LogP contribution in [0.2, 0.25) is 0 Å². The maximum absolute atomic E-state index is 11.9. The van der Waals surface area contributed by atoms with E-state index in [-0.39, 0.29) is 5.69 Å². The molecular weight excluding hydrogens is 238 g/mol. The minimum absolute atomic E-state index is 0.0654. The summed E-state index contributed by atoms with van der Waals surface area (Å²) >= 11 is 0. The van der Waals surface area contributed by atoms with Gasteiger partial charge in [0.15, 0.2) is 0 Å². The smallest absolute Gasteiger partial charge is 0.314 e. The fourth-order valence-corrected chi connectivity index (χ4v) is 2.85. The van der Waals surface area contributed by atoms with Gasteiger partial charge in [-0.3, -0.25) is 4.57 Å². The maximum atomic E-state index is 11.9. The predicted octanol–water partition coefficient (Wildman–Crippen LogP) is 1.77. The SMILES string of the molecule is Cc1c[nH]c(=O)n1-c1ccccc1CC1CCCN1. The zero-order valence-electron chi connectivity index (χ0n) is 11.1. The molecule has 0 bridgehead atoms. The Morgan fingerprint density at radius 3 is 2.89 bits per heavy atom. The number of aromatic nitrogens is 2. The first-order valence-electron chi connectivity index (χ1n) is 6.84. The summed E-state index contributed by atoms with van der Waals surface area (Å²) in [5.41, 5.74) is 3.10. The lowest BCUT2D eigenvalue weighted by molar-refractivity contribution is 0.601. The number of nitrogens with zero attached hydrogens (tertiary/aromatic N) is 1. The topological polar surface area (TPSA) is 49.8 Å². The molecule has 100 valence electrons. The Morgan fingerprint density at radius 2 is 2.21 bits per heavy atom. The van der Waals surface area contributed by atoms with Crippen molar-refractivity contribution >= 4 is 0 Å². The van der Waals surface area contributed by atoms with Gasteiger partial charge in [0.1, 0.15) is 0 Å². The molecule has 0 aliphatic carbocycles. The molecular formula is C15H19N3O. The van der Waals surface area contributed by atoms with Gasteiger partial charge in [-0.2, -0.15) is 0 Å². The summed E-state index contributed by atoms with van der Waals surface area (Å²) < 4.78 is 1.75. The Bertz CT molecular complexity index is 620. The van der Waals surface area contributed by atoms with Crippen molar-refractivity contribution in [2.45, 2.75) is 32.2 Å². The molecule has 1 atom stereocenters. The summed E-state index contributed by atoms with van der Waals surface area (Å²) in [5.74, 6) is 0. The van der Waals surface area contributed by atoms with Crippen LogP contribution in [0.1, 0.15) is 24.1 Å². The number of H-pyrrole nitrogens is 1. The van der Waals surface area contributed by atoms with E-state index in [2.05, 4.69) is 16.4 Å². The van der Waals surface area contributed by atoms with E-state index in [0.29, 0.717) is 6.04 Å². The van der Waals surface area contributed by atoms with E-state index in [0.717, 1.165) is 24.3 Å². The molecule has 2 N–H and O–H groups in total. The number of para-hydroxylation sites is 1. The number of aromatic amines is 1. The quantitative estimate of drug-likeness (QED) is 0.880. The summed E-state index contributed by atoms with van der Waals surface area (Å²) in [4.78, 5) is 14.7. The van der Waals surface area contributed by atoms with Gasteiger partial charge in [-0.1, -0.05) is 18.2 Å².